The molecule has 0 saturated carbocycles. The molecule has 4 rings (SSSR count). The van der Waals surface area contributed by atoms with Crippen molar-refractivity contribution in [2.24, 2.45) is 10.7 Å². The minimum Gasteiger partial charge on any atom is -0.369 e. The van der Waals surface area contributed by atoms with E-state index in [0.29, 0.717) is 10.8 Å². The van der Waals surface area contributed by atoms with Crippen LogP contribution in [0.15, 0.2) is 46.9 Å². The summed E-state index contributed by atoms with van der Waals surface area (Å²) < 4.78 is 13.9. The largest absolute Gasteiger partial charge is 0.369 e. The van der Waals surface area contributed by atoms with Gasteiger partial charge in [0.2, 0.25) is 5.96 Å². The van der Waals surface area contributed by atoms with Gasteiger partial charge in [0.05, 0.1) is 15.7 Å². The van der Waals surface area contributed by atoms with Crippen molar-refractivity contribution >= 4 is 51.2 Å². The molecule has 140 valence electrons. The van der Waals surface area contributed by atoms with Crippen LogP contribution in [0.3, 0.4) is 0 Å². The van der Waals surface area contributed by atoms with E-state index in [0.717, 1.165) is 25.9 Å². The summed E-state index contributed by atoms with van der Waals surface area (Å²) in [5.41, 5.74) is 7.42. The van der Waals surface area contributed by atoms with Gasteiger partial charge in [-0.25, -0.2) is 14.2 Å². The molecule has 1 aromatic carbocycles. The molecule has 3 heterocycles. The fraction of sp³-hybridized carbons (Fsp3) is 0.222. The van der Waals surface area contributed by atoms with Gasteiger partial charge in [0.25, 0.3) is 0 Å². The van der Waals surface area contributed by atoms with E-state index in [1.807, 2.05) is 18.4 Å². The van der Waals surface area contributed by atoms with Gasteiger partial charge in [0, 0.05) is 29.1 Å². The second-order valence-electron chi connectivity index (χ2n) is 6.41. The first-order chi connectivity index (χ1) is 12.9. The lowest BCUT2D eigenvalue weighted by Gasteiger charge is -2.33. The number of thiazole rings is 1. The average Bonchev–Trinajstić information content (AvgIpc) is 3.30. The molecule has 0 spiro atoms. The molecule has 0 radical (unpaired) electrons. The van der Waals surface area contributed by atoms with Gasteiger partial charge in [-0.15, -0.1) is 22.7 Å². The quantitative estimate of drug-likeness (QED) is 0.664. The fourth-order valence-electron chi connectivity index (χ4n) is 2.93. The fourth-order valence-corrected chi connectivity index (χ4v) is 6.44. The number of aliphatic imine (C=N–C) groups is 1. The highest BCUT2D eigenvalue weighted by Gasteiger charge is 2.38. The van der Waals surface area contributed by atoms with Crippen LogP contribution in [0, 0.1) is 0 Å². The smallest absolute Gasteiger partial charge is 0.204 e. The Bertz CT molecular complexity index is 1030. The van der Waals surface area contributed by atoms with Crippen molar-refractivity contribution in [1.82, 2.24) is 9.29 Å². The third kappa shape index (κ3) is 3.42. The molecule has 1 aliphatic heterocycles. The van der Waals surface area contributed by atoms with Crippen LogP contribution in [-0.4, -0.2) is 32.3 Å². The summed E-state index contributed by atoms with van der Waals surface area (Å²) in [6.45, 7) is 1.93. The second kappa shape index (κ2) is 7.01. The Hall–Kier alpha value is -1.74. The van der Waals surface area contributed by atoms with Crippen molar-refractivity contribution in [3.63, 3.8) is 0 Å². The van der Waals surface area contributed by atoms with E-state index in [4.69, 9.17) is 17.3 Å². The molecule has 5 nitrogen and oxygen atoms in total. The molecule has 27 heavy (non-hydrogen) atoms. The van der Waals surface area contributed by atoms with Gasteiger partial charge in [-0.05, 0) is 18.6 Å². The van der Waals surface area contributed by atoms with E-state index in [9.17, 15) is 4.21 Å². The van der Waals surface area contributed by atoms with Crippen LogP contribution in [0.25, 0.3) is 21.0 Å². The van der Waals surface area contributed by atoms with Gasteiger partial charge in [0.15, 0.2) is 0 Å². The normalized spacial score (nSPS) is 22.7. The van der Waals surface area contributed by atoms with Crippen LogP contribution >= 0.6 is 34.3 Å². The van der Waals surface area contributed by atoms with Crippen molar-refractivity contribution in [3.8, 4) is 21.0 Å². The molecule has 0 bridgehead atoms. The predicted molar refractivity (Wildman–Crippen MR) is 116 cm³/mol. The number of halogens is 1. The Labute approximate surface area is 173 Å². The Morgan fingerprint density at radius 2 is 2.00 bits per heavy atom. The Balaban J connectivity index is 1.69. The number of guanidine groups is 1. The topological polar surface area (TPSA) is 71.6 Å². The lowest BCUT2D eigenvalue weighted by molar-refractivity contribution is 0.524. The van der Waals surface area contributed by atoms with Crippen molar-refractivity contribution in [2.45, 2.75) is 12.5 Å². The number of benzene rings is 1. The SMILES string of the molecule is CN1C(N)=N[C@](C)(c2sc(-c3ccc(-c4nccs4)cc3)cc2Cl)CS1=O. The van der Waals surface area contributed by atoms with Gasteiger partial charge >= 0.3 is 0 Å². The molecule has 0 fully saturated rings. The first-order valence-corrected chi connectivity index (χ1v) is 11.5. The van der Waals surface area contributed by atoms with Crippen molar-refractivity contribution < 1.29 is 4.21 Å². The summed E-state index contributed by atoms with van der Waals surface area (Å²) in [5, 5.41) is 3.59. The number of nitrogens with two attached hydrogens (primary N) is 1. The first-order valence-electron chi connectivity index (χ1n) is 8.15. The maximum Gasteiger partial charge on any atom is 0.204 e. The average molecular weight is 437 g/mol. The van der Waals surface area contributed by atoms with Crippen LogP contribution < -0.4 is 5.73 Å². The lowest BCUT2D eigenvalue weighted by atomic mass is 10.0. The molecule has 2 N–H and O–H groups in total. The molecule has 0 aliphatic carbocycles. The lowest BCUT2D eigenvalue weighted by Crippen LogP contribution is -2.47. The van der Waals surface area contributed by atoms with Gasteiger partial charge in [0.1, 0.15) is 21.5 Å². The van der Waals surface area contributed by atoms with Crippen LogP contribution in [0.4, 0.5) is 0 Å². The van der Waals surface area contributed by atoms with Crippen molar-refractivity contribution in [3.05, 3.63) is 51.8 Å². The van der Waals surface area contributed by atoms with Gasteiger partial charge in [-0.2, -0.15) is 0 Å². The maximum absolute atomic E-state index is 12.4. The zero-order chi connectivity index (χ0) is 19.2. The summed E-state index contributed by atoms with van der Waals surface area (Å²) in [6, 6.07) is 10.2. The Morgan fingerprint density at radius 3 is 2.63 bits per heavy atom. The third-order valence-corrected chi connectivity index (χ3v) is 8.70. The first kappa shape index (κ1) is 18.6. The molecule has 9 heteroatoms. The zero-order valence-electron chi connectivity index (χ0n) is 14.7. The van der Waals surface area contributed by atoms with Crippen molar-refractivity contribution in [2.75, 3.05) is 12.8 Å². The number of rotatable bonds is 3. The molecule has 0 saturated heterocycles. The molecule has 1 unspecified atom stereocenters. The number of nitrogens with zero attached hydrogens (tertiary/aromatic N) is 3. The Morgan fingerprint density at radius 1 is 1.30 bits per heavy atom. The third-order valence-electron chi connectivity index (χ3n) is 4.42. The molecule has 2 atom stereocenters. The van der Waals surface area contributed by atoms with Gasteiger partial charge < -0.3 is 5.73 Å². The summed E-state index contributed by atoms with van der Waals surface area (Å²) in [7, 11) is 0.452. The number of hydrogen-bond acceptors (Lipinski definition) is 6. The molecular weight excluding hydrogens is 420 g/mol. The maximum atomic E-state index is 12.4. The van der Waals surface area contributed by atoms with E-state index in [-0.39, 0.29) is 5.96 Å². The van der Waals surface area contributed by atoms with E-state index < -0.39 is 16.5 Å². The van der Waals surface area contributed by atoms with Crippen LogP contribution in [-0.2, 0) is 16.5 Å². The standard InChI is InChI=1S/C18H17ClN4OS3/c1-18(10-27(24)23(2)17(20)22-18)15-13(19)9-14(26-15)11-3-5-12(6-4-11)16-21-7-8-25-16/h3-9H,10H2,1-2H3,(H2,20,22)/t18-,27?/m0/s1. The number of thiophene rings is 1. The van der Waals surface area contributed by atoms with E-state index >= 15 is 0 Å². The van der Waals surface area contributed by atoms with Gasteiger partial charge in [-0.3, -0.25) is 4.31 Å². The highest BCUT2D eigenvalue weighted by atomic mass is 35.5. The van der Waals surface area contributed by atoms with E-state index in [1.54, 1.807) is 35.9 Å². The van der Waals surface area contributed by atoms with Crippen LogP contribution in [0.5, 0.6) is 0 Å². The number of aromatic nitrogens is 1. The van der Waals surface area contributed by atoms with Crippen LogP contribution in [0.2, 0.25) is 5.02 Å². The minimum absolute atomic E-state index is 0.265. The molecular formula is C18H17ClN4OS3. The van der Waals surface area contributed by atoms with Crippen molar-refractivity contribution in [1.29, 1.82) is 0 Å². The molecule has 0 amide bonds. The van der Waals surface area contributed by atoms with Gasteiger partial charge in [-0.1, -0.05) is 35.9 Å². The summed E-state index contributed by atoms with van der Waals surface area (Å²) in [6.07, 6.45) is 1.80. The van der Waals surface area contributed by atoms with E-state index in [2.05, 4.69) is 34.2 Å². The summed E-state index contributed by atoms with van der Waals surface area (Å²) in [4.78, 5) is 10.8. The Kier molecular flexibility index (Phi) is 4.84. The molecule has 1 aliphatic rings. The highest BCUT2D eigenvalue weighted by Crippen LogP contribution is 2.43. The zero-order valence-corrected chi connectivity index (χ0v) is 17.9. The van der Waals surface area contributed by atoms with Crippen LogP contribution in [0.1, 0.15) is 11.8 Å². The highest BCUT2D eigenvalue weighted by molar-refractivity contribution is 7.83. The van der Waals surface area contributed by atoms with E-state index in [1.165, 1.54) is 4.31 Å². The minimum atomic E-state index is -1.23. The summed E-state index contributed by atoms with van der Waals surface area (Å²) >= 11 is 9.72. The predicted octanol–water partition coefficient (Wildman–Crippen LogP) is 4.33. The monoisotopic (exact) mass is 436 g/mol. The number of hydrogen-bond donors (Lipinski definition) is 1. The summed E-state index contributed by atoms with van der Waals surface area (Å²) in [5.74, 6) is 0.619. The molecule has 3 aromatic rings. The second-order valence-corrected chi connectivity index (χ2v) is 10.2. The molecule has 2 aromatic heterocycles.